The zero-order valence-electron chi connectivity index (χ0n) is 11.2. The van der Waals surface area contributed by atoms with E-state index in [2.05, 4.69) is 10.5 Å². The lowest BCUT2D eigenvalue weighted by atomic mass is 10.0. The van der Waals surface area contributed by atoms with Gasteiger partial charge in [0, 0.05) is 6.07 Å². The Morgan fingerprint density at radius 2 is 1.77 bits per heavy atom. The molecule has 0 aromatic heterocycles. The summed E-state index contributed by atoms with van der Waals surface area (Å²) in [6.45, 7) is 0. The van der Waals surface area contributed by atoms with E-state index < -0.39 is 10.6 Å². The van der Waals surface area contributed by atoms with Gasteiger partial charge in [0.1, 0.15) is 17.8 Å². The highest BCUT2D eigenvalue weighted by Crippen LogP contribution is 2.30. The SMILES string of the molecule is N#CC(C#N)=NNc1ccc(-c2ccccc2)cc1[N+](=O)[O-]. The molecule has 22 heavy (non-hydrogen) atoms. The summed E-state index contributed by atoms with van der Waals surface area (Å²) in [4.78, 5) is 10.6. The van der Waals surface area contributed by atoms with Crippen molar-refractivity contribution in [3.63, 3.8) is 0 Å². The fourth-order valence-electron chi connectivity index (χ4n) is 1.78. The molecule has 0 spiro atoms. The lowest BCUT2D eigenvalue weighted by Crippen LogP contribution is -2.00. The second kappa shape index (κ2) is 6.64. The summed E-state index contributed by atoms with van der Waals surface area (Å²) in [7, 11) is 0. The van der Waals surface area contributed by atoms with Gasteiger partial charge in [-0.1, -0.05) is 36.4 Å². The van der Waals surface area contributed by atoms with Gasteiger partial charge in [-0.3, -0.25) is 15.5 Å². The molecule has 0 aliphatic heterocycles. The van der Waals surface area contributed by atoms with Gasteiger partial charge in [-0.25, -0.2) is 0 Å². The third-order valence-electron chi connectivity index (χ3n) is 2.80. The molecule has 0 saturated carbocycles. The first-order chi connectivity index (χ1) is 10.7. The zero-order chi connectivity index (χ0) is 15.9. The number of nitriles is 2. The molecule has 0 bridgehead atoms. The summed E-state index contributed by atoms with van der Waals surface area (Å²) in [6.07, 6.45) is 0. The predicted octanol–water partition coefficient (Wildman–Crippen LogP) is 3.08. The Labute approximate surface area is 125 Å². The van der Waals surface area contributed by atoms with E-state index in [1.54, 1.807) is 18.2 Å². The largest absolute Gasteiger partial charge is 0.294 e. The molecule has 0 amide bonds. The van der Waals surface area contributed by atoms with Crippen LogP contribution < -0.4 is 5.43 Å². The summed E-state index contributed by atoms with van der Waals surface area (Å²) in [6, 6.07) is 16.9. The molecule has 0 radical (unpaired) electrons. The van der Waals surface area contributed by atoms with Crippen LogP contribution in [0.1, 0.15) is 0 Å². The van der Waals surface area contributed by atoms with Crippen LogP contribution in [-0.4, -0.2) is 10.6 Å². The molecule has 0 aliphatic carbocycles. The normalized spacial score (nSPS) is 9.18. The van der Waals surface area contributed by atoms with Gasteiger partial charge in [0.05, 0.1) is 4.92 Å². The molecule has 7 heteroatoms. The van der Waals surface area contributed by atoms with Crippen molar-refractivity contribution < 1.29 is 4.92 Å². The number of benzene rings is 2. The van der Waals surface area contributed by atoms with Crippen molar-refractivity contribution in [3.05, 3.63) is 58.6 Å². The summed E-state index contributed by atoms with van der Waals surface area (Å²) in [5.41, 5.74) is 3.40. The summed E-state index contributed by atoms with van der Waals surface area (Å²) >= 11 is 0. The molecule has 7 nitrogen and oxygen atoms in total. The van der Waals surface area contributed by atoms with Crippen LogP contribution in [0.5, 0.6) is 0 Å². The van der Waals surface area contributed by atoms with Gasteiger partial charge in [-0.15, -0.1) is 0 Å². The monoisotopic (exact) mass is 291 g/mol. The number of hydrogen-bond acceptors (Lipinski definition) is 6. The first-order valence-corrected chi connectivity index (χ1v) is 6.13. The molecule has 2 aromatic rings. The predicted molar refractivity (Wildman–Crippen MR) is 80.8 cm³/mol. The Morgan fingerprint density at radius 3 is 2.36 bits per heavy atom. The quantitative estimate of drug-likeness (QED) is 0.528. The van der Waals surface area contributed by atoms with E-state index in [1.165, 1.54) is 12.1 Å². The van der Waals surface area contributed by atoms with Crippen LogP contribution in [0.3, 0.4) is 0 Å². The van der Waals surface area contributed by atoms with Crippen LogP contribution in [0.2, 0.25) is 0 Å². The van der Waals surface area contributed by atoms with E-state index in [9.17, 15) is 10.1 Å². The smallest absolute Gasteiger partial charge is 0.270 e. The number of nitro benzene ring substituents is 1. The molecule has 2 rings (SSSR count). The maximum Gasteiger partial charge on any atom is 0.294 e. The van der Waals surface area contributed by atoms with Gasteiger partial charge in [-0.2, -0.15) is 15.6 Å². The minimum absolute atomic E-state index is 0.104. The van der Waals surface area contributed by atoms with Crippen molar-refractivity contribution in [2.45, 2.75) is 0 Å². The van der Waals surface area contributed by atoms with Crippen LogP contribution in [0.4, 0.5) is 11.4 Å². The summed E-state index contributed by atoms with van der Waals surface area (Å²) in [5, 5.41) is 31.9. The number of rotatable bonds is 4. The van der Waals surface area contributed by atoms with Gasteiger partial charge in [-0.05, 0) is 17.2 Å². The Kier molecular flexibility index (Phi) is 4.43. The highest BCUT2D eigenvalue weighted by molar-refractivity contribution is 6.10. The molecule has 0 saturated heterocycles. The third-order valence-corrected chi connectivity index (χ3v) is 2.80. The van der Waals surface area contributed by atoms with Crippen LogP contribution in [-0.2, 0) is 0 Å². The minimum atomic E-state index is -0.553. The van der Waals surface area contributed by atoms with Gasteiger partial charge in [0.15, 0.2) is 0 Å². The van der Waals surface area contributed by atoms with Crippen LogP contribution in [0.15, 0.2) is 53.6 Å². The van der Waals surface area contributed by atoms with Gasteiger partial charge in [0.2, 0.25) is 5.71 Å². The highest BCUT2D eigenvalue weighted by atomic mass is 16.6. The molecular formula is C15H9N5O2. The van der Waals surface area contributed by atoms with E-state index >= 15 is 0 Å². The van der Waals surface area contributed by atoms with E-state index in [0.717, 1.165) is 5.56 Å². The Bertz CT molecular complexity index is 800. The third kappa shape index (κ3) is 3.24. The Morgan fingerprint density at radius 1 is 1.09 bits per heavy atom. The molecule has 0 unspecified atom stereocenters. The molecule has 2 aromatic carbocycles. The topological polar surface area (TPSA) is 115 Å². The van der Waals surface area contributed by atoms with Gasteiger partial charge in [0.25, 0.3) is 5.69 Å². The molecule has 0 aliphatic rings. The second-order valence-corrected chi connectivity index (χ2v) is 4.15. The van der Waals surface area contributed by atoms with Crippen molar-refractivity contribution >= 4 is 17.1 Å². The number of anilines is 1. The molecular weight excluding hydrogens is 282 g/mol. The number of nitrogens with one attached hydrogen (secondary N) is 1. The van der Waals surface area contributed by atoms with Crippen molar-refractivity contribution in [3.8, 4) is 23.3 Å². The first-order valence-electron chi connectivity index (χ1n) is 6.13. The standard InChI is InChI=1S/C15H9N5O2/c16-9-13(10-17)18-19-14-7-6-12(8-15(14)20(21)22)11-4-2-1-3-5-11/h1-8,19H. The average molecular weight is 291 g/mol. The van der Waals surface area contributed by atoms with Crippen LogP contribution in [0.25, 0.3) is 11.1 Å². The highest BCUT2D eigenvalue weighted by Gasteiger charge is 2.15. The maximum absolute atomic E-state index is 11.2. The van der Waals surface area contributed by atoms with E-state index in [1.807, 2.05) is 30.3 Å². The molecule has 106 valence electrons. The fraction of sp³-hybridized carbons (Fsp3) is 0. The molecule has 1 N–H and O–H groups in total. The van der Waals surface area contributed by atoms with Gasteiger partial charge < -0.3 is 0 Å². The first kappa shape index (κ1) is 14.7. The van der Waals surface area contributed by atoms with Crippen molar-refractivity contribution in [1.82, 2.24) is 0 Å². The van der Waals surface area contributed by atoms with Crippen LogP contribution in [0, 0.1) is 32.8 Å². The maximum atomic E-state index is 11.2. The number of hydrazone groups is 1. The number of hydrogen-bond donors (Lipinski definition) is 1. The lowest BCUT2D eigenvalue weighted by Gasteiger charge is -2.05. The fourth-order valence-corrected chi connectivity index (χ4v) is 1.78. The minimum Gasteiger partial charge on any atom is -0.270 e. The van der Waals surface area contributed by atoms with Gasteiger partial charge >= 0.3 is 0 Å². The van der Waals surface area contributed by atoms with Crippen molar-refractivity contribution in [2.75, 3.05) is 5.43 Å². The molecule has 0 atom stereocenters. The Balaban J connectivity index is 2.42. The Hall–Kier alpha value is -3.71. The lowest BCUT2D eigenvalue weighted by molar-refractivity contribution is -0.383. The second-order valence-electron chi connectivity index (χ2n) is 4.15. The van der Waals surface area contributed by atoms with E-state index in [0.29, 0.717) is 5.56 Å². The molecule has 0 fully saturated rings. The van der Waals surface area contributed by atoms with E-state index in [4.69, 9.17) is 10.5 Å². The zero-order valence-corrected chi connectivity index (χ0v) is 11.2. The number of nitro groups is 1. The average Bonchev–Trinajstić information content (AvgIpc) is 2.56. The molecule has 0 heterocycles. The van der Waals surface area contributed by atoms with Crippen molar-refractivity contribution in [2.24, 2.45) is 5.10 Å². The number of nitrogens with zero attached hydrogens (tertiary/aromatic N) is 4. The van der Waals surface area contributed by atoms with Crippen LogP contribution >= 0.6 is 0 Å². The van der Waals surface area contributed by atoms with Crippen molar-refractivity contribution in [1.29, 1.82) is 10.5 Å². The summed E-state index contributed by atoms with van der Waals surface area (Å²) in [5.74, 6) is 0. The van der Waals surface area contributed by atoms with E-state index in [-0.39, 0.29) is 11.4 Å². The summed E-state index contributed by atoms with van der Waals surface area (Å²) < 4.78 is 0.